The summed E-state index contributed by atoms with van der Waals surface area (Å²) in [6, 6.07) is 5.12. The second-order valence-corrected chi connectivity index (χ2v) is 8.12. The topological polar surface area (TPSA) is 188 Å². The van der Waals surface area contributed by atoms with Gasteiger partial charge in [-0.3, -0.25) is 14.6 Å². The molecular weight excluding hydrogens is 426 g/mol. The molecular formula is C22H31N7O4. The smallest absolute Gasteiger partial charge is 0.326 e. The highest BCUT2D eigenvalue weighted by molar-refractivity contribution is 5.92. The van der Waals surface area contributed by atoms with Crippen LogP contribution in [-0.4, -0.2) is 65.0 Å². The molecule has 3 atom stereocenters. The van der Waals surface area contributed by atoms with Crippen LogP contribution in [0.3, 0.4) is 0 Å². The summed E-state index contributed by atoms with van der Waals surface area (Å²) in [6.07, 6.45) is 4.11. The molecule has 1 aromatic carbocycles. The highest BCUT2D eigenvalue weighted by Gasteiger charge is 2.30. The van der Waals surface area contributed by atoms with Gasteiger partial charge < -0.3 is 37.5 Å². The van der Waals surface area contributed by atoms with E-state index in [0.29, 0.717) is 19.4 Å². The van der Waals surface area contributed by atoms with Crippen LogP contribution < -0.4 is 27.4 Å². The fraction of sp³-hybridized carbons (Fsp3) is 0.455. The van der Waals surface area contributed by atoms with Crippen molar-refractivity contribution in [2.75, 3.05) is 13.1 Å². The van der Waals surface area contributed by atoms with Gasteiger partial charge in [0.15, 0.2) is 5.96 Å². The minimum absolute atomic E-state index is 0.0557. The molecule has 3 rings (SSSR count). The number of nitrogens with two attached hydrogens (primary N) is 2. The van der Waals surface area contributed by atoms with Crippen LogP contribution in [0, 0.1) is 0 Å². The lowest BCUT2D eigenvalue weighted by atomic mass is 10.0. The number of fused-ring (bicyclic) bond motifs is 1. The number of rotatable bonds is 11. The third kappa shape index (κ3) is 6.69. The number of guanidine groups is 1. The van der Waals surface area contributed by atoms with Crippen LogP contribution in [0.4, 0.5) is 0 Å². The predicted molar refractivity (Wildman–Crippen MR) is 124 cm³/mol. The second kappa shape index (κ2) is 11.3. The number of benzene rings is 1. The molecule has 0 bridgehead atoms. The van der Waals surface area contributed by atoms with Crippen LogP contribution >= 0.6 is 0 Å². The van der Waals surface area contributed by atoms with E-state index in [1.807, 2.05) is 24.3 Å². The Morgan fingerprint density at radius 3 is 2.67 bits per heavy atom. The lowest BCUT2D eigenvalue weighted by Gasteiger charge is -2.23. The fourth-order valence-corrected chi connectivity index (χ4v) is 3.95. The van der Waals surface area contributed by atoms with Crippen LogP contribution in [0.5, 0.6) is 0 Å². The van der Waals surface area contributed by atoms with Gasteiger partial charge in [0, 0.05) is 30.1 Å². The van der Waals surface area contributed by atoms with Gasteiger partial charge in [0.25, 0.3) is 0 Å². The Hall–Kier alpha value is -3.60. The zero-order chi connectivity index (χ0) is 23.8. The van der Waals surface area contributed by atoms with Crippen molar-refractivity contribution in [1.82, 2.24) is 20.9 Å². The van der Waals surface area contributed by atoms with Gasteiger partial charge in [-0.1, -0.05) is 18.2 Å². The minimum atomic E-state index is -1.16. The molecule has 0 unspecified atom stereocenters. The number of amides is 2. The van der Waals surface area contributed by atoms with E-state index in [9.17, 15) is 19.5 Å². The van der Waals surface area contributed by atoms with Crippen LogP contribution in [0.2, 0.25) is 0 Å². The third-order valence-electron chi connectivity index (χ3n) is 5.67. The van der Waals surface area contributed by atoms with Crippen molar-refractivity contribution in [2.24, 2.45) is 16.5 Å². The number of aromatic amines is 1. The molecule has 1 saturated heterocycles. The molecule has 2 heterocycles. The van der Waals surface area contributed by atoms with Gasteiger partial charge in [-0.25, -0.2) is 4.79 Å². The van der Waals surface area contributed by atoms with Crippen LogP contribution in [0.15, 0.2) is 35.5 Å². The Morgan fingerprint density at radius 1 is 1.18 bits per heavy atom. The van der Waals surface area contributed by atoms with Crippen molar-refractivity contribution < 1.29 is 19.5 Å². The first-order valence-electron chi connectivity index (χ1n) is 11.0. The number of hydrogen-bond acceptors (Lipinski definition) is 5. The lowest BCUT2D eigenvalue weighted by Crippen LogP contribution is -2.54. The van der Waals surface area contributed by atoms with Crippen molar-refractivity contribution in [1.29, 1.82) is 0 Å². The molecule has 1 aromatic heterocycles. The van der Waals surface area contributed by atoms with Gasteiger partial charge >= 0.3 is 5.97 Å². The summed E-state index contributed by atoms with van der Waals surface area (Å²) in [5.41, 5.74) is 12.3. The highest BCUT2D eigenvalue weighted by atomic mass is 16.4. The van der Waals surface area contributed by atoms with E-state index >= 15 is 0 Å². The van der Waals surface area contributed by atoms with E-state index in [0.717, 1.165) is 29.4 Å². The molecule has 2 amide bonds. The number of aromatic nitrogens is 1. The van der Waals surface area contributed by atoms with Crippen LogP contribution in [0.25, 0.3) is 10.9 Å². The number of hydrogen-bond donors (Lipinski definition) is 7. The number of nitrogens with zero attached hydrogens (tertiary/aromatic N) is 1. The molecule has 178 valence electrons. The highest BCUT2D eigenvalue weighted by Crippen LogP contribution is 2.19. The SMILES string of the molecule is NC(N)=NCCC[C@H](NC(=O)[C@@H]1CCCN1)C(=O)N[C@@H](Cc1c[nH]c2ccccc12)C(=O)O. The molecule has 2 aromatic rings. The lowest BCUT2D eigenvalue weighted by molar-refractivity contribution is -0.142. The van der Waals surface area contributed by atoms with Crippen molar-refractivity contribution in [3.05, 3.63) is 36.0 Å². The number of carbonyl (C=O) groups is 3. The van der Waals surface area contributed by atoms with Crippen molar-refractivity contribution in [3.8, 4) is 0 Å². The average molecular weight is 458 g/mol. The summed E-state index contributed by atoms with van der Waals surface area (Å²) >= 11 is 0. The summed E-state index contributed by atoms with van der Waals surface area (Å²) in [7, 11) is 0. The maximum atomic E-state index is 13.0. The largest absolute Gasteiger partial charge is 0.480 e. The second-order valence-electron chi connectivity index (χ2n) is 8.12. The Bertz CT molecular complexity index is 1010. The first-order chi connectivity index (χ1) is 15.8. The van der Waals surface area contributed by atoms with Crippen LogP contribution in [0.1, 0.15) is 31.2 Å². The molecule has 1 aliphatic heterocycles. The third-order valence-corrected chi connectivity index (χ3v) is 5.67. The quantitative estimate of drug-likeness (QED) is 0.135. The first-order valence-corrected chi connectivity index (χ1v) is 11.0. The maximum Gasteiger partial charge on any atom is 0.326 e. The Labute approximate surface area is 191 Å². The standard InChI is InChI=1S/C22H31N7O4/c23-22(24)26-10-4-8-17(28-19(30)16-7-3-9-25-16)20(31)29-18(21(32)33)11-13-12-27-15-6-2-1-5-14(13)15/h1-2,5-6,12,16-18,25,27H,3-4,7-11H2,(H,28,30)(H,29,31)(H,32,33)(H4,23,24,26)/t16-,17-,18-/m0/s1. The van der Waals surface area contributed by atoms with E-state index in [4.69, 9.17) is 11.5 Å². The van der Waals surface area contributed by atoms with E-state index < -0.39 is 24.0 Å². The minimum Gasteiger partial charge on any atom is -0.480 e. The van der Waals surface area contributed by atoms with E-state index in [-0.39, 0.29) is 30.8 Å². The molecule has 1 fully saturated rings. The zero-order valence-electron chi connectivity index (χ0n) is 18.3. The van der Waals surface area contributed by atoms with Crippen molar-refractivity contribution in [2.45, 2.75) is 50.2 Å². The van der Waals surface area contributed by atoms with Gasteiger partial charge in [-0.05, 0) is 43.9 Å². The van der Waals surface area contributed by atoms with Crippen molar-refractivity contribution >= 4 is 34.6 Å². The van der Waals surface area contributed by atoms with E-state index in [2.05, 4.69) is 25.9 Å². The van der Waals surface area contributed by atoms with Gasteiger partial charge in [-0.2, -0.15) is 0 Å². The zero-order valence-corrected chi connectivity index (χ0v) is 18.3. The fourth-order valence-electron chi connectivity index (χ4n) is 3.95. The van der Waals surface area contributed by atoms with Gasteiger partial charge in [0.05, 0.1) is 6.04 Å². The molecule has 9 N–H and O–H groups in total. The molecule has 0 radical (unpaired) electrons. The van der Waals surface area contributed by atoms with Crippen LogP contribution in [-0.2, 0) is 20.8 Å². The molecule has 0 aliphatic carbocycles. The molecule has 11 heteroatoms. The monoisotopic (exact) mass is 457 g/mol. The van der Waals surface area contributed by atoms with Gasteiger partial charge in [0.1, 0.15) is 12.1 Å². The summed E-state index contributed by atoms with van der Waals surface area (Å²) in [4.78, 5) is 44.5. The number of nitrogens with one attached hydrogen (secondary N) is 4. The Morgan fingerprint density at radius 2 is 1.97 bits per heavy atom. The van der Waals surface area contributed by atoms with Gasteiger partial charge in [-0.15, -0.1) is 0 Å². The van der Waals surface area contributed by atoms with E-state index in [1.54, 1.807) is 6.20 Å². The molecule has 11 nitrogen and oxygen atoms in total. The number of carboxylic acid groups (broad SMARTS) is 1. The summed E-state index contributed by atoms with van der Waals surface area (Å²) in [6.45, 7) is 1.03. The first kappa shape index (κ1) is 24.1. The number of carbonyl (C=O) groups excluding carboxylic acids is 2. The number of para-hydroxylation sites is 1. The Kier molecular flexibility index (Phi) is 8.25. The van der Waals surface area contributed by atoms with E-state index in [1.165, 1.54) is 0 Å². The molecule has 0 saturated carbocycles. The number of aliphatic imine (C=N–C) groups is 1. The number of H-pyrrole nitrogens is 1. The number of carboxylic acids is 1. The molecule has 0 spiro atoms. The Balaban J connectivity index is 1.69. The molecule has 1 aliphatic rings. The molecule has 33 heavy (non-hydrogen) atoms. The summed E-state index contributed by atoms with van der Waals surface area (Å²) < 4.78 is 0. The van der Waals surface area contributed by atoms with Gasteiger partial charge in [0.2, 0.25) is 11.8 Å². The predicted octanol–water partition coefficient (Wildman–Crippen LogP) is -0.430. The maximum absolute atomic E-state index is 13.0. The average Bonchev–Trinajstić information content (AvgIpc) is 3.45. The normalized spacial score (nSPS) is 17.3. The van der Waals surface area contributed by atoms with Crippen molar-refractivity contribution in [3.63, 3.8) is 0 Å². The summed E-state index contributed by atoms with van der Waals surface area (Å²) in [5, 5.41) is 19.1. The number of aliphatic carboxylic acids is 1. The summed E-state index contributed by atoms with van der Waals surface area (Å²) in [5.74, 6) is -2.05.